The van der Waals surface area contributed by atoms with Crippen LogP contribution in [0.4, 0.5) is 4.79 Å². The minimum atomic E-state index is -1.28. The van der Waals surface area contributed by atoms with Crippen LogP contribution in [0.3, 0.4) is 0 Å². The van der Waals surface area contributed by atoms with Gasteiger partial charge in [0.05, 0.1) is 37.1 Å². The largest absolute Gasteiger partial charge is 0.444 e. The zero-order valence-electron chi connectivity index (χ0n) is 24.1. The van der Waals surface area contributed by atoms with Crippen molar-refractivity contribution >= 4 is 6.09 Å². The van der Waals surface area contributed by atoms with Crippen LogP contribution in [-0.4, -0.2) is 111 Å². The molecule has 39 heavy (non-hydrogen) atoms. The second-order valence-electron chi connectivity index (χ2n) is 12.5. The molecule has 0 aromatic heterocycles. The van der Waals surface area contributed by atoms with Crippen LogP contribution < -0.4 is 5.32 Å². The first-order valence-electron chi connectivity index (χ1n) is 14.1. The number of carbonyl (C=O) groups is 1. The maximum Gasteiger partial charge on any atom is 0.407 e. The Morgan fingerprint density at radius 3 is 2.08 bits per heavy atom. The topological polar surface area (TPSA) is 176 Å². The maximum atomic E-state index is 12.7. The van der Waals surface area contributed by atoms with Gasteiger partial charge in [-0.3, -0.25) is 0 Å². The fourth-order valence-corrected chi connectivity index (χ4v) is 5.69. The van der Waals surface area contributed by atoms with Crippen LogP contribution in [0.15, 0.2) is 0 Å². The van der Waals surface area contributed by atoms with E-state index >= 15 is 0 Å². The molecule has 1 amide bonds. The predicted molar refractivity (Wildman–Crippen MR) is 138 cm³/mol. The third-order valence-corrected chi connectivity index (χ3v) is 7.99. The number of amides is 1. The summed E-state index contributed by atoms with van der Waals surface area (Å²) in [5.41, 5.74) is -0.727. The van der Waals surface area contributed by atoms with Gasteiger partial charge in [-0.2, -0.15) is 0 Å². The van der Waals surface area contributed by atoms with Gasteiger partial charge in [-0.1, -0.05) is 27.7 Å². The Balaban J connectivity index is 1.82. The fourth-order valence-electron chi connectivity index (χ4n) is 5.69. The van der Waals surface area contributed by atoms with E-state index in [1.54, 1.807) is 27.7 Å². The molecule has 14 atom stereocenters. The van der Waals surface area contributed by atoms with Crippen LogP contribution in [0.1, 0.15) is 67.7 Å². The highest BCUT2D eigenvalue weighted by Gasteiger charge is 2.51. The summed E-state index contributed by atoms with van der Waals surface area (Å²) >= 11 is 0. The molecule has 3 rings (SSSR count). The molecule has 2 heterocycles. The number of alkyl carbamates (subject to hydrolysis) is 1. The van der Waals surface area contributed by atoms with Gasteiger partial charge >= 0.3 is 6.09 Å². The van der Waals surface area contributed by atoms with E-state index in [4.69, 9.17) is 23.7 Å². The normalized spacial score (nSPS) is 45.5. The summed E-state index contributed by atoms with van der Waals surface area (Å²) < 4.78 is 29.6. The molecule has 0 radical (unpaired) electrons. The summed E-state index contributed by atoms with van der Waals surface area (Å²) in [5, 5.41) is 55.4. The van der Waals surface area contributed by atoms with Gasteiger partial charge in [-0.25, -0.2) is 4.79 Å². The minimum Gasteiger partial charge on any atom is -0.444 e. The van der Waals surface area contributed by atoms with Crippen molar-refractivity contribution in [1.82, 2.24) is 5.32 Å². The molecule has 0 aromatic carbocycles. The predicted octanol–water partition coefficient (Wildman–Crippen LogP) is 0.648. The maximum absolute atomic E-state index is 12.7. The van der Waals surface area contributed by atoms with Gasteiger partial charge in [0.25, 0.3) is 0 Å². The minimum absolute atomic E-state index is 0.188. The molecule has 3 fully saturated rings. The number of ether oxygens (including phenoxy) is 5. The highest BCUT2D eigenvalue weighted by molar-refractivity contribution is 5.68. The lowest BCUT2D eigenvalue weighted by Crippen LogP contribution is -2.64. The van der Waals surface area contributed by atoms with Gasteiger partial charge in [0.1, 0.15) is 30.0 Å². The molecule has 14 unspecified atom stereocenters. The Kier molecular flexibility index (Phi) is 11.0. The van der Waals surface area contributed by atoms with Crippen molar-refractivity contribution in [3.8, 4) is 0 Å². The number of hydrogen-bond donors (Lipinski definition) is 6. The van der Waals surface area contributed by atoms with Gasteiger partial charge < -0.3 is 54.5 Å². The molecule has 1 aliphatic carbocycles. The molecule has 2 aliphatic heterocycles. The average molecular weight is 564 g/mol. The number of aliphatic hydroxyl groups excluding tert-OH is 5. The van der Waals surface area contributed by atoms with Crippen molar-refractivity contribution in [2.45, 2.75) is 141 Å². The van der Waals surface area contributed by atoms with Crippen molar-refractivity contribution in [2.75, 3.05) is 6.61 Å². The van der Waals surface area contributed by atoms with Crippen molar-refractivity contribution in [1.29, 1.82) is 0 Å². The highest BCUT2D eigenvalue weighted by Crippen LogP contribution is 2.37. The summed E-state index contributed by atoms with van der Waals surface area (Å²) in [6, 6.07) is -0.657. The zero-order valence-corrected chi connectivity index (χ0v) is 24.1. The Labute approximate surface area is 230 Å². The van der Waals surface area contributed by atoms with E-state index in [1.807, 2.05) is 20.8 Å². The lowest BCUT2D eigenvalue weighted by molar-refractivity contribution is -0.328. The van der Waals surface area contributed by atoms with E-state index in [0.29, 0.717) is 19.3 Å². The highest BCUT2D eigenvalue weighted by atomic mass is 16.7. The number of carbonyl (C=O) groups excluding carboxylic acids is 1. The van der Waals surface area contributed by atoms with Crippen LogP contribution in [0.2, 0.25) is 0 Å². The number of rotatable bonds is 7. The smallest absolute Gasteiger partial charge is 0.407 e. The molecule has 0 spiro atoms. The van der Waals surface area contributed by atoms with E-state index in [2.05, 4.69) is 5.32 Å². The molecule has 3 aliphatic rings. The second kappa shape index (κ2) is 13.3. The van der Waals surface area contributed by atoms with Crippen LogP contribution in [0, 0.1) is 17.8 Å². The first kappa shape index (κ1) is 32.4. The molecule has 6 N–H and O–H groups in total. The van der Waals surface area contributed by atoms with E-state index in [9.17, 15) is 30.3 Å². The first-order valence-corrected chi connectivity index (χ1v) is 14.1. The SMILES string of the molecule is CCC1OC(OC2C(NC(=O)OC(C)(C)C)CC(C)C(OC3OC(CO)C(O)C(C)C3O)C2O)C(C)CC1O. The molecule has 1 saturated carbocycles. The number of hydrogen-bond acceptors (Lipinski definition) is 11. The Bertz CT molecular complexity index is 792. The van der Waals surface area contributed by atoms with E-state index in [0.717, 1.165) is 0 Å². The number of aliphatic hydroxyl groups is 5. The quantitative estimate of drug-likeness (QED) is 0.256. The zero-order chi connectivity index (χ0) is 29.2. The third kappa shape index (κ3) is 7.81. The van der Waals surface area contributed by atoms with Gasteiger partial charge in [0.15, 0.2) is 12.6 Å². The van der Waals surface area contributed by atoms with Crippen molar-refractivity contribution < 1.29 is 54.0 Å². The lowest BCUT2D eigenvalue weighted by Gasteiger charge is -2.48. The molecule has 12 heteroatoms. The molecule has 0 bridgehead atoms. The molecular weight excluding hydrogens is 514 g/mol. The van der Waals surface area contributed by atoms with E-state index in [-0.39, 0.29) is 11.8 Å². The summed E-state index contributed by atoms with van der Waals surface area (Å²) in [7, 11) is 0. The number of nitrogens with one attached hydrogen (secondary N) is 1. The van der Waals surface area contributed by atoms with Crippen LogP contribution in [0.5, 0.6) is 0 Å². The van der Waals surface area contributed by atoms with Crippen LogP contribution >= 0.6 is 0 Å². The summed E-state index contributed by atoms with van der Waals surface area (Å²) in [4.78, 5) is 12.7. The summed E-state index contributed by atoms with van der Waals surface area (Å²) in [6.07, 6.45) is -8.65. The van der Waals surface area contributed by atoms with Crippen molar-refractivity contribution in [3.05, 3.63) is 0 Å². The van der Waals surface area contributed by atoms with Gasteiger partial charge in [-0.05, 0) is 46.0 Å². The van der Waals surface area contributed by atoms with E-state index in [1.165, 1.54) is 0 Å². The monoisotopic (exact) mass is 563 g/mol. The molecule has 12 nitrogen and oxygen atoms in total. The van der Waals surface area contributed by atoms with Crippen LogP contribution in [-0.2, 0) is 23.7 Å². The molecule has 0 aromatic rings. The van der Waals surface area contributed by atoms with Crippen LogP contribution in [0.25, 0.3) is 0 Å². The second-order valence-corrected chi connectivity index (χ2v) is 12.5. The fraction of sp³-hybridized carbons (Fsp3) is 0.963. The molecule has 228 valence electrons. The van der Waals surface area contributed by atoms with E-state index < -0.39 is 91.7 Å². The van der Waals surface area contributed by atoms with Gasteiger partial charge in [-0.15, -0.1) is 0 Å². The van der Waals surface area contributed by atoms with Gasteiger partial charge in [0, 0.05) is 11.8 Å². The lowest BCUT2D eigenvalue weighted by atomic mass is 9.79. The summed E-state index contributed by atoms with van der Waals surface area (Å²) in [5.74, 6) is -1.15. The average Bonchev–Trinajstić information content (AvgIpc) is 2.84. The molecule has 2 saturated heterocycles. The third-order valence-electron chi connectivity index (χ3n) is 7.99. The van der Waals surface area contributed by atoms with Crippen molar-refractivity contribution in [2.24, 2.45) is 17.8 Å². The summed E-state index contributed by atoms with van der Waals surface area (Å²) in [6.45, 7) is 12.1. The Morgan fingerprint density at radius 1 is 0.872 bits per heavy atom. The Hall–Kier alpha value is -1.09. The first-order chi connectivity index (χ1) is 18.2. The standard InChI is InChI=1S/C27H49NO11/c1-8-17-16(30)10-13(3)24(35-17)38-23-15(28-26(34)39-27(5,6)7)9-12(2)22(21(23)33)37-25-20(32)14(4)19(31)18(11-29)36-25/h12-25,29-33H,8-11H2,1-7H3,(H,28,34). The van der Waals surface area contributed by atoms with Gasteiger partial charge in [0.2, 0.25) is 0 Å². The Morgan fingerprint density at radius 2 is 1.49 bits per heavy atom. The molecular formula is C27H49NO11. The van der Waals surface area contributed by atoms with Crippen molar-refractivity contribution in [3.63, 3.8) is 0 Å².